The molecule has 3 saturated carbocycles. The van der Waals surface area contributed by atoms with E-state index in [4.69, 9.17) is 4.84 Å². The number of carboxylic acid groups (broad SMARTS) is 1. The fraction of sp³-hybridized carbons (Fsp3) is 0.606. The highest BCUT2D eigenvalue weighted by Gasteiger charge is 2.62. The molecule has 6 rings (SSSR count). The number of oxime groups is 1. The number of aromatic amines is 1. The third-order valence-corrected chi connectivity index (χ3v) is 11.7. The molecule has 1 aromatic carbocycles. The first kappa shape index (κ1) is 28.8. The first-order chi connectivity index (χ1) is 19.9. The number of amides is 1. The summed E-state index contributed by atoms with van der Waals surface area (Å²) in [6.07, 6.45) is 12.1. The van der Waals surface area contributed by atoms with Crippen LogP contribution in [-0.2, 0) is 20.8 Å². The number of aromatic hydroxyl groups is 1. The molecule has 9 heteroatoms. The zero-order chi connectivity index (χ0) is 29.9. The predicted molar refractivity (Wildman–Crippen MR) is 159 cm³/mol. The van der Waals surface area contributed by atoms with Crippen molar-refractivity contribution in [3.63, 3.8) is 0 Å². The number of hydrogen-bond acceptors (Lipinski definition) is 6. The molecule has 1 aromatic heterocycles. The van der Waals surface area contributed by atoms with E-state index in [9.17, 15) is 24.9 Å². The quantitative estimate of drug-likeness (QED) is 0.291. The molecule has 4 aliphatic carbocycles. The Morgan fingerprint density at radius 3 is 2.69 bits per heavy atom. The molecule has 42 heavy (non-hydrogen) atoms. The molecule has 7 unspecified atom stereocenters. The average molecular weight is 578 g/mol. The highest BCUT2D eigenvalue weighted by atomic mass is 16.6. The lowest BCUT2D eigenvalue weighted by Gasteiger charge is -2.59. The third kappa shape index (κ3) is 4.79. The number of nitrogens with zero attached hydrogens (tertiary/aromatic N) is 1. The van der Waals surface area contributed by atoms with Crippen LogP contribution in [0.25, 0.3) is 10.9 Å². The summed E-state index contributed by atoms with van der Waals surface area (Å²) >= 11 is 0. The minimum absolute atomic E-state index is 0.0134. The number of carbonyl (C=O) groups is 2. The minimum Gasteiger partial charge on any atom is -0.508 e. The summed E-state index contributed by atoms with van der Waals surface area (Å²) < 4.78 is 0. The molecule has 0 spiro atoms. The number of carboxylic acids is 1. The van der Waals surface area contributed by atoms with E-state index < -0.39 is 23.5 Å². The van der Waals surface area contributed by atoms with Crippen LogP contribution < -0.4 is 5.32 Å². The number of rotatable bonds is 7. The van der Waals surface area contributed by atoms with Gasteiger partial charge in [0.2, 0.25) is 0 Å². The number of H-pyrrole nitrogens is 1. The van der Waals surface area contributed by atoms with Crippen LogP contribution in [-0.4, -0.2) is 56.1 Å². The van der Waals surface area contributed by atoms with Gasteiger partial charge in [0.15, 0.2) is 6.61 Å². The van der Waals surface area contributed by atoms with Crippen molar-refractivity contribution in [1.82, 2.24) is 10.3 Å². The number of benzene rings is 1. The zero-order valence-electron chi connectivity index (χ0n) is 24.8. The van der Waals surface area contributed by atoms with E-state index in [1.165, 1.54) is 5.57 Å². The van der Waals surface area contributed by atoms with Crippen LogP contribution in [0.5, 0.6) is 5.75 Å². The molecule has 9 nitrogen and oxygen atoms in total. The Labute approximate surface area is 246 Å². The number of hydrogen-bond donors (Lipinski definition) is 5. The van der Waals surface area contributed by atoms with Crippen LogP contribution in [0.3, 0.4) is 0 Å². The van der Waals surface area contributed by atoms with Crippen molar-refractivity contribution in [3.05, 3.63) is 41.6 Å². The Kier molecular flexibility index (Phi) is 7.15. The van der Waals surface area contributed by atoms with Gasteiger partial charge in [-0.1, -0.05) is 24.6 Å². The van der Waals surface area contributed by atoms with Crippen molar-refractivity contribution in [1.29, 1.82) is 0 Å². The van der Waals surface area contributed by atoms with Gasteiger partial charge in [-0.25, -0.2) is 4.79 Å². The Bertz CT molecular complexity index is 1460. The normalized spacial score (nSPS) is 35.6. The van der Waals surface area contributed by atoms with Crippen LogP contribution in [0, 0.1) is 28.6 Å². The van der Waals surface area contributed by atoms with Gasteiger partial charge in [-0.05, 0) is 117 Å². The molecule has 0 radical (unpaired) electrons. The van der Waals surface area contributed by atoms with E-state index in [1.807, 2.05) is 6.92 Å². The summed E-state index contributed by atoms with van der Waals surface area (Å²) in [4.78, 5) is 33.0. The van der Waals surface area contributed by atoms with Gasteiger partial charge in [-0.2, -0.15) is 0 Å². The molecule has 3 fully saturated rings. The number of fused-ring (bicyclic) bond motifs is 6. The van der Waals surface area contributed by atoms with Crippen molar-refractivity contribution in [2.24, 2.45) is 33.7 Å². The molecular formula is C33H43N3O6. The number of aromatic nitrogens is 1. The molecule has 0 bridgehead atoms. The Morgan fingerprint density at radius 2 is 1.90 bits per heavy atom. The Hall–Kier alpha value is -3.33. The molecule has 0 saturated heterocycles. The number of aliphatic carboxylic acids is 1. The topological polar surface area (TPSA) is 144 Å². The monoisotopic (exact) mass is 577 g/mol. The molecule has 226 valence electrons. The zero-order valence-corrected chi connectivity index (χ0v) is 24.8. The van der Waals surface area contributed by atoms with Crippen molar-refractivity contribution < 1.29 is 29.7 Å². The Morgan fingerprint density at radius 1 is 1.12 bits per heavy atom. The van der Waals surface area contributed by atoms with Crippen LogP contribution in [0.15, 0.2) is 41.2 Å². The van der Waals surface area contributed by atoms with Crippen molar-refractivity contribution in [2.45, 2.75) is 90.2 Å². The number of allylic oxidation sites excluding steroid dienone is 2. The van der Waals surface area contributed by atoms with Crippen molar-refractivity contribution >= 4 is 28.5 Å². The summed E-state index contributed by atoms with van der Waals surface area (Å²) in [5, 5.41) is 38.2. The van der Waals surface area contributed by atoms with Gasteiger partial charge in [-0.3, -0.25) is 4.79 Å². The minimum atomic E-state index is -1.15. The first-order valence-corrected chi connectivity index (χ1v) is 15.3. The number of phenols is 1. The summed E-state index contributed by atoms with van der Waals surface area (Å²) in [5.74, 6) is 0.227. The summed E-state index contributed by atoms with van der Waals surface area (Å²) in [7, 11) is 0. The molecular weight excluding hydrogens is 534 g/mol. The number of nitrogens with one attached hydrogen (secondary N) is 2. The summed E-state index contributed by atoms with van der Waals surface area (Å²) in [5.41, 5.74) is 3.28. The van der Waals surface area contributed by atoms with Gasteiger partial charge >= 0.3 is 5.97 Å². The highest BCUT2D eigenvalue weighted by Crippen LogP contribution is 2.67. The SMILES string of the molecule is CC12CCC(=NOCC(=O)NC(Cc3c[nH]c4ccc(O)cc34)C(=O)O)C=C1CCC1C2CCC2(C)C1CCC2(C)O. The largest absolute Gasteiger partial charge is 0.508 e. The fourth-order valence-electron chi connectivity index (χ4n) is 9.05. The van der Waals surface area contributed by atoms with Crippen molar-refractivity contribution in [3.8, 4) is 5.75 Å². The molecule has 0 aliphatic heterocycles. The van der Waals surface area contributed by atoms with Crippen LogP contribution in [0.2, 0.25) is 0 Å². The molecule has 4 aliphatic rings. The van der Waals surface area contributed by atoms with Gasteiger partial charge in [0.1, 0.15) is 11.8 Å². The van der Waals surface area contributed by atoms with Gasteiger partial charge in [0.25, 0.3) is 5.91 Å². The van der Waals surface area contributed by atoms with E-state index in [-0.39, 0.29) is 29.6 Å². The van der Waals surface area contributed by atoms with E-state index in [2.05, 4.69) is 35.4 Å². The van der Waals surface area contributed by atoms with Gasteiger partial charge in [0.05, 0.1) is 11.3 Å². The maximum absolute atomic E-state index is 12.6. The maximum atomic E-state index is 12.6. The second kappa shape index (κ2) is 10.4. The highest BCUT2D eigenvalue weighted by molar-refractivity contribution is 5.96. The molecule has 7 atom stereocenters. The van der Waals surface area contributed by atoms with Crippen molar-refractivity contribution in [2.75, 3.05) is 6.61 Å². The number of phenolic OH excluding ortho intramolecular Hbond substituents is 1. The predicted octanol–water partition coefficient (Wildman–Crippen LogP) is 5.07. The Balaban J connectivity index is 1.07. The lowest BCUT2D eigenvalue weighted by molar-refractivity contribution is -0.142. The molecule has 1 amide bonds. The summed E-state index contributed by atoms with van der Waals surface area (Å²) in [6, 6.07) is 3.69. The maximum Gasteiger partial charge on any atom is 0.326 e. The van der Waals surface area contributed by atoms with Crippen LogP contribution in [0.4, 0.5) is 0 Å². The second-order valence-electron chi connectivity index (χ2n) is 13.8. The molecule has 2 aromatic rings. The molecule has 5 N–H and O–H groups in total. The molecule has 1 heterocycles. The van der Waals surface area contributed by atoms with Gasteiger partial charge < -0.3 is 30.5 Å². The van der Waals surface area contributed by atoms with Gasteiger partial charge in [0, 0.05) is 23.5 Å². The number of carbonyl (C=O) groups excluding carboxylic acids is 1. The van der Waals surface area contributed by atoms with Crippen LogP contribution >= 0.6 is 0 Å². The smallest absolute Gasteiger partial charge is 0.326 e. The number of aliphatic hydroxyl groups is 1. The fourth-order valence-corrected chi connectivity index (χ4v) is 9.05. The standard InChI is InChI=1S/C33H43N3O6/c1-31-11-8-21(15-20(31)4-6-23-25(31)9-12-32(2)26(23)10-13-33(32,3)41)36-42-18-29(38)35-28(30(39)40)14-19-17-34-27-7-5-22(37)16-24(19)27/h5,7,15-17,23,25-26,28,34,37,41H,4,6,8-14,18H2,1-3H3,(H,35,38)(H,39,40). The second-order valence-corrected chi connectivity index (χ2v) is 13.8. The van der Waals surface area contributed by atoms with E-state index in [0.29, 0.717) is 28.7 Å². The average Bonchev–Trinajstić information content (AvgIpc) is 3.44. The van der Waals surface area contributed by atoms with E-state index >= 15 is 0 Å². The lowest BCUT2D eigenvalue weighted by Crippen LogP contribution is -2.53. The van der Waals surface area contributed by atoms with Crippen LogP contribution in [0.1, 0.15) is 77.7 Å². The third-order valence-electron chi connectivity index (χ3n) is 11.7. The summed E-state index contributed by atoms with van der Waals surface area (Å²) in [6.45, 7) is 6.41. The van der Waals surface area contributed by atoms with E-state index in [1.54, 1.807) is 24.4 Å². The first-order valence-electron chi connectivity index (χ1n) is 15.3. The van der Waals surface area contributed by atoms with E-state index in [0.717, 1.165) is 62.6 Å². The lowest BCUT2D eigenvalue weighted by atomic mass is 9.46. The van der Waals surface area contributed by atoms with Gasteiger partial charge in [-0.15, -0.1) is 0 Å².